The van der Waals surface area contributed by atoms with Gasteiger partial charge in [-0.05, 0) is 18.4 Å². The number of carbonyl (C=O) groups is 3. The molecule has 0 aliphatic rings. The number of nitrogens with one attached hydrogen (secondary N) is 1. The van der Waals surface area contributed by atoms with Gasteiger partial charge in [-0.3, -0.25) is 14.4 Å². The van der Waals surface area contributed by atoms with E-state index in [4.69, 9.17) is 14.9 Å². The van der Waals surface area contributed by atoms with Crippen LogP contribution in [0.3, 0.4) is 0 Å². The molecule has 0 saturated carbocycles. The number of nitrogens with two attached hydrogens (primary N) is 1. The van der Waals surface area contributed by atoms with Gasteiger partial charge in [0, 0.05) is 17.5 Å². The zero-order valence-electron chi connectivity index (χ0n) is 18.9. The maximum Gasteiger partial charge on any atom is 0.307 e. The predicted octanol–water partition coefficient (Wildman–Crippen LogP) is 4.67. The summed E-state index contributed by atoms with van der Waals surface area (Å²) >= 11 is 1.16. The third-order valence-electron chi connectivity index (χ3n) is 5.14. The normalized spacial score (nSPS) is 11.6. The van der Waals surface area contributed by atoms with Crippen LogP contribution in [-0.4, -0.2) is 28.9 Å². The van der Waals surface area contributed by atoms with E-state index in [1.165, 1.54) is 13.0 Å². The average Bonchev–Trinajstić information content (AvgIpc) is 3.51. The number of oxazole rings is 1. The Morgan fingerprint density at radius 3 is 2.34 bits per heavy atom. The van der Waals surface area contributed by atoms with Gasteiger partial charge in [0.1, 0.15) is 10.7 Å². The van der Waals surface area contributed by atoms with Gasteiger partial charge in [0.15, 0.2) is 17.8 Å². The molecule has 178 valence electrons. The van der Waals surface area contributed by atoms with Crippen LogP contribution in [0.4, 0.5) is 5.00 Å². The zero-order valence-corrected chi connectivity index (χ0v) is 19.7. The van der Waals surface area contributed by atoms with Crippen LogP contribution in [0.5, 0.6) is 0 Å². The molecule has 2 heterocycles. The SMILES string of the molecule is C[C@@H](OC(=O)CCc1nc(-c2ccccc2)c(-c2ccccc2)o1)C(=O)Nc1sccc1C(N)=O. The molecule has 0 bridgehead atoms. The number of hydrogen-bond donors (Lipinski definition) is 2. The molecule has 0 aliphatic carbocycles. The Bertz CT molecular complexity index is 1270. The van der Waals surface area contributed by atoms with Crippen LogP contribution < -0.4 is 11.1 Å². The van der Waals surface area contributed by atoms with Gasteiger partial charge in [0.2, 0.25) is 0 Å². The lowest BCUT2D eigenvalue weighted by atomic mass is 10.1. The van der Waals surface area contributed by atoms with E-state index in [1.54, 1.807) is 5.38 Å². The second kappa shape index (κ2) is 10.8. The number of primary amides is 1. The lowest BCUT2D eigenvalue weighted by Crippen LogP contribution is -2.30. The van der Waals surface area contributed by atoms with Crippen molar-refractivity contribution in [3.05, 3.63) is 83.6 Å². The number of anilines is 1. The zero-order chi connectivity index (χ0) is 24.8. The third-order valence-corrected chi connectivity index (χ3v) is 5.97. The second-order valence-electron chi connectivity index (χ2n) is 7.67. The van der Waals surface area contributed by atoms with Crippen LogP contribution in [0.15, 0.2) is 76.5 Å². The van der Waals surface area contributed by atoms with Gasteiger partial charge in [-0.25, -0.2) is 4.98 Å². The third kappa shape index (κ3) is 5.82. The Hall–Kier alpha value is -4.24. The molecule has 0 fully saturated rings. The molecule has 9 heteroatoms. The van der Waals surface area contributed by atoms with Gasteiger partial charge in [-0.1, -0.05) is 60.7 Å². The molecule has 4 rings (SSSR count). The maximum atomic E-state index is 12.4. The van der Waals surface area contributed by atoms with Crippen LogP contribution in [0.25, 0.3) is 22.6 Å². The number of esters is 1. The van der Waals surface area contributed by atoms with Gasteiger partial charge >= 0.3 is 5.97 Å². The summed E-state index contributed by atoms with van der Waals surface area (Å²) in [5.74, 6) is -0.774. The summed E-state index contributed by atoms with van der Waals surface area (Å²) in [6.45, 7) is 1.46. The molecule has 4 aromatic rings. The second-order valence-corrected chi connectivity index (χ2v) is 8.58. The minimum absolute atomic E-state index is 0.0217. The van der Waals surface area contributed by atoms with Gasteiger partial charge in [-0.2, -0.15) is 0 Å². The summed E-state index contributed by atoms with van der Waals surface area (Å²) in [5.41, 5.74) is 7.96. The molecule has 0 aliphatic heterocycles. The fourth-order valence-corrected chi connectivity index (χ4v) is 4.18. The molecular formula is C26H23N3O5S. The van der Waals surface area contributed by atoms with Crippen LogP contribution >= 0.6 is 11.3 Å². The van der Waals surface area contributed by atoms with Crippen LogP contribution in [-0.2, 0) is 20.7 Å². The monoisotopic (exact) mass is 489 g/mol. The average molecular weight is 490 g/mol. The summed E-state index contributed by atoms with van der Waals surface area (Å²) in [4.78, 5) is 40.8. The maximum absolute atomic E-state index is 12.4. The Labute approximate surface area is 205 Å². The number of hydrogen-bond acceptors (Lipinski definition) is 7. The van der Waals surface area contributed by atoms with Gasteiger partial charge in [0.25, 0.3) is 11.8 Å². The number of thiophene rings is 1. The number of carbonyl (C=O) groups excluding carboxylic acids is 3. The molecule has 0 unspecified atom stereocenters. The van der Waals surface area contributed by atoms with Crippen molar-refractivity contribution in [1.29, 1.82) is 0 Å². The highest BCUT2D eigenvalue weighted by molar-refractivity contribution is 7.14. The number of ether oxygens (including phenoxy) is 1. The summed E-state index contributed by atoms with van der Waals surface area (Å²) in [7, 11) is 0. The van der Waals surface area contributed by atoms with Crippen LogP contribution in [0.2, 0.25) is 0 Å². The van der Waals surface area contributed by atoms with Crippen molar-refractivity contribution in [2.45, 2.75) is 25.9 Å². The van der Waals surface area contributed by atoms with Crippen molar-refractivity contribution in [3.63, 3.8) is 0 Å². The van der Waals surface area contributed by atoms with E-state index in [2.05, 4.69) is 10.3 Å². The highest BCUT2D eigenvalue weighted by Crippen LogP contribution is 2.33. The molecule has 2 aromatic carbocycles. The van der Waals surface area contributed by atoms with E-state index in [9.17, 15) is 14.4 Å². The fraction of sp³-hybridized carbons (Fsp3) is 0.154. The molecule has 2 amide bonds. The van der Waals surface area contributed by atoms with Gasteiger partial charge in [0.05, 0.1) is 12.0 Å². The lowest BCUT2D eigenvalue weighted by Gasteiger charge is -2.13. The van der Waals surface area contributed by atoms with Gasteiger partial charge in [-0.15, -0.1) is 11.3 Å². The number of rotatable bonds is 9. The molecule has 0 spiro atoms. The topological polar surface area (TPSA) is 125 Å². The van der Waals surface area contributed by atoms with E-state index in [-0.39, 0.29) is 18.4 Å². The van der Waals surface area contributed by atoms with Crippen molar-refractivity contribution < 1.29 is 23.5 Å². The largest absolute Gasteiger partial charge is 0.453 e. The lowest BCUT2D eigenvalue weighted by molar-refractivity contribution is -0.153. The van der Waals surface area contributed by atoms with Crippen molar-refractivity contribution >= 4 is 34.1 Å². The fourth-order valence-electron chi connectivity index (χ4n) is 3.38. The quantitative estimate of drug-likeness (QED) is 0.329. The first kappa shape index (κ1) is 23.9. The number of aromatic nitrogens is 1. The Balaban J connectivity index is 1.40. The molecule has 0 saturated heterocycles. The van der Waals surface area contributed by atoms with Gasteiger partial charge < -0.3 is 20.2 Å². The van der Waals surface area contributed by atoms with Crippen LogP contribution in [0, 0.1) is 0 Å². The number of aryl methyl sites for hydroxylation is 1. The smallest absolute Gasteiger partial charge is 0.307 e. The molecule has 2 aromatic heterocycles. The summed E-state index contributed by atoms with van der Waals surface area (Å²) in [5, 5.41) is 4.52. The van der Waals surface area contributed by atoms with Crippen molar-refractivity contribution in [1.82, 2.24) is 4.98 Å². The summed E-state index contributed by atoms with van der Waals surface area (Å²) in [6.07, 6.45) is -0.877. The number of nitrogens with zero attached hydrogens (tertiary/aromatic N) is 1. The Kier molecular flexibility index (Phi) is 7.37. The highest BCUT2D eigenvalue weighted by atomic mass is 32.1. The predicted molar refractivity (Wildman–Crippen MR) is 133 cm³/mol. The molecular weight excluding hydrogens is 466 g/mol. The summed E-state index contributed by atoms with van der Waals surface area (Å²) < 4.78 is 11.3. The number of benzene rings is 2. The first-order chi connectivity index (χ1) is 16.9. The first-order valence-electron chi connectivity index (χ1n) is 10.9. The first-order valence-corrected chi connectivity index (χ1v) is 11.8. The molecule has 8 nitrogen and oxygen atoms in total. The van der Waals surface area contributed by atoms with E-state index in [0.29, 0.717) is 22.3 Å². The minimum Gasteiger partial charge on any atom is -0.453 e. The van der Waals surface area contributed by atoms with E-state index < -0.39 is 23.9 Å². The number of amides is 2. The molecule has 0 radical (unpaired) electrons. The van der Waals surface area contributed by atoms with Crippen molar-refractivity contribution in [2.75, 3.05) is 5.32 Å². The molecule has 1 atom stereocenters. The highest BCUT2D eigenvalue weighted by Gasteiger charge is 2.22. The van der Waals surface area contributed by atoms with Crippen molar-refractivity contribution in [2.24, 2.45) is 5.73 Å². The van der Waals surface area contributed by atoms with Crippen molar-refractivity contribution in [3.8, 4) is 22.6 Å². The van der Waals surface area contributed by atoms with E-state index >= 15 is 0 Å². The Morgan fingerprint density at radius 2 is 1.69 bits per heavy atom. The molecule has 3 N–H and O–H groups in total. The summed E-state index contributed by atoms with van der Waals surface area (Å²) in [6, 6.07) is 20.8. The standard InChI is InChI=1S/C26H23N3O5S/c1-16(25(32)29-26-19(24(27)31)14-15-35-26)33-21(30)13-12-20-28-22(17-8-4-2-5-9-17)23(34-20)18-10-6-3-7-11-18/h2-11,14-16H,12-13H2,1H3,(H2,27,31)(H,29,32)/t16-/m1/s1. The Morgan fingerprint density at radius 1 is 1.03 bits per heavy atom. The van der Waals surface area contributed by atoms with E-state index in [0.717, 1.165) is 22.5 Å². The minimum atomic E-state index is -1.06. The molecule has 35 heavy (non-hydrogen) atoms. The van der Waals surface area contributed by atoms with Crippen LogP contribution in [0.1, 0.15) is 29.6 Å². The van der Waals surface area contributed by atoms with E-state index in [1.807, 2.05) is 60.7 Å².